The second-order valence-electron chi connectivity index (χ2n) is 4.45. The molecule has 2 rings (SSSR count). The molecule has 1 aliphatic rings. The number of methoxy groups -OCH3 is 1. The summed E-state index contributed by atoms with van der Waals surface area (Å²) in [5.74, 6) is 0.0363. The Morgan fingerprint density at radius 3 is 2.90 bits per heavy atom. The molecule has 1 aromatic carbocycles. The van der Waals surface area contributed by atoms with E-state index in [0.29, 0.717) is 29.9 Å². The van der Waals surface area contributed by atoms with Crippen molar-refractivity contribution in [2.45, 2.75) is 25.0 Å². The molecule has 0 aromatic heterocycles. The quantitative estimate of drug-likeness (QED) is 0.879. The molecule has 1 aromatic rings. The predicted molar refractivity (Wildman–Crippen MR) is 68.7 cm³/mol. The fourth-order valence-electron chi connectivity index (χ4n) is 2.05. The maximum atomic E-state index is 10.8. The summed E-state index contributed by atoms with van der Waals surface area (Å²) >= 11 is 0. The number of rotatable bonds is 5. The topological polar surface area (TPSA) is 88.8 Å². The Labute approximate surface area is 116 Å². The fraction of sp³-hybridized carbons (Fsp3) is 0.429. The van der Waals surface area contributed by atoms with E-state index in [0.717, 1.165) is 0 Å². The largest absolute Gasteiger partial charge is 0.493 e. The minimum atomic E-state index is -0.941. The third kappa shape index (κ3) is 3.19. The molecule has 20 heavy (non-hydrogen) atoms. The van der Waals surface area contributed by atoms with Crippen LogP contribution in [0.3, 0.4) is 0 Å². The Morgan fingerprint density at radius 1 is 1.50 bits per heavy atom. The van der Waals surface area contributed by atoms with Crippen molar-refractivity contribution >= 4 is 5.97 Å². The van der Waals surface area contributed by atoms with Crippen LogP contribution in [0.2, 0.25) is 0 Å². The van der Waals surface area contributed by atoms with Gasteiger partial charge in [-0.25, -0.2) is 4.79 Å². The zero-order valence-electron chi connectivity index (χ0n) is 11.0. The Kier molecular flexibility index (Phi) is 4.43. The average molecular weight is 277 g/mol. The third-order valence-electron chi connectivity index (χ3n) is 3.10. The van der Waals surface area contributed by atoms with Gasteiger partial charge in [-0.15, -0.1) is 0 Å². The minimum absolute atomic E-state index is 0.239. The molecule has 0 spiro atoms. The van der Waals surface area contributed by atoms with E-state index in [-0.39, 0.29) is 12.7 Å². The van der Waals surface area contributed by atoms with Crippen LogP contribution in [-0.4, -0.2) is 37.0 Å². The number of carboxylic acid groups (broad SMARTS) is 1. The van der Waals surface area contributed by atoms with Crippen molar-refractivity contribution in [2.24, 2.45) is 0 Å². The van der Waals surface area contributed by atoms with E-state index in [4.69, 9.17) is 24.6 Å². The van der Waals surface area contributed by atoms with Crippen LogP contribution in [0.4, 0.5) is 0 Å². The van der Waals surface area contributed by atoms with E-state index in [2.05, 4.69) is 0 Å². The van der Waals surface area contributed by atoms with Crippen LogP contribution in [0, 0.1) is 11.3 Å². The van der Waals surface area contributed by atoms with Gasteiger partial charge in [-0.05, 0) is 25.0 Å². The first-order valence-electron chi connectivity index (χ1n) is 6.23. The third-order valence-corrected chi connectivity index (χ3v) is 3.10. The maximum absolute atomic E-state index is 10.8. The van der Waals surface area contributed by atoms with Crippen molar-refractivity contribution in [2.75, 3.05) is 13.7 Å². The SMILES string of the molecule is COc1cc(C#N)ccc1OCC1CCC(C(=O)O)O1. The summed E-state index contributed by atoms with van der Waals surface area (Å²) in [7, 11) is 1.50. The van der Waals surface area contributed by atoms with Crippen molar-refractivity contribution in [3.63, 3.8) is 0 Å². The molecule has 2 atom stereocenters. The monoisotopic (exact) mass is 277 g/mol. The van der Waals surface area contributed by atoms with E-state index in [9.17, 15) is 4.79 Å². The molecule has 1 N–H and O–H groups in total. The Hall–Kier alpha value is -2.26. The normalized spacial score (nSPS) is 21.2. The van der Waals surface area contributed by atoms with Crippen LogP contribution in [0.15, 0.2) is 18.2 Å². The molecule has 0 amide bonds. The lowest BCUT2D eigenvalue weighted by Gasteiger charge is -2.14. The van der Waals surface area contributed by atoms with Crippen molar-refractivity contribution < 1.29 is 24.1 Å². The molecular weight excluding hydrogens is 262 g/mol. The van der Waals surface area contributed by atoms with Crippen molar-refractivity contribution in [3.8, 4) is 17.6 Å². The summed E-state index contributed by atoms with van der Waals surface area (Å²) in [6.07, 6.45) is 0.159. The molecule has 2 unspecified atom stereocenters. The number of nitriles is 1. The first kappa shape index (κ1) is 14.2. The van der Waals surface area contributed by atoms with Gasteiger partial charge in [0, 0.05) is 6.07 Å². The van der Waals surface area contributed by atoms with Gasteiger partial charge in [0.25, 0.3) is 0 Å². The second kappa shape index (κ2) is 6.26. The average Bonchev–Trinajstić information content (AvgIpc) is 2.94. The lowest BCUT2D eigenvalue weighted by molar-refractivity contribution is -0.149. The molecule has 0 aliphatic carbocycles. The highest BCUT2D eigenvalue weighted by atomic mass is 16.6. The van der Waals surface area contributed by atoms with E-state index in [1.807, 2.05) is 6.07 Å². The zero-order chi connectivity index (χ0) is 14.5. The highest BCUT2D eigenvalue weighted by Crippen LogP contribution is 2.29. The van der Waals surface area contributed by atoms with Gasteiger partial charge in [-0.3, -0.25) is 0 Å². The Balaban J connectivity index is 1.95. The molecule has 6 heteroatoms. The van der Waals surface area contributed by atoms with Crippen LogP contribution in [0.25, 0.3) is 0 Å². The van der Waals surface area contributed by atoms with Crippen LogP contribution in [-0.2, 0) is 9.53 Å². The molecule has 0 bridgehead atoms. The smallest absolute Gasteiger partial charge is 0.332 e. The Bertz CT molecular complexity index is 537. The summed E-state index contributed by atoms with van der Waals surface area (Å²) in [6.45, 7) is 0.256. The fourth-order valence-corrected chi connectivity index (χ4v) is 2.05. The van der Waals surface area contributed by atoms with Crippen LogP contribution in [0.1, 0.15) is 18.4 Å². The number of ether oxygens (including phenoxy) is 3. The van der Waals surface area contributed by atoms with E-state index in [1.54, 1.807) is 18.2 Å². The van der Waals surface area contributed by atoms with Crippen molar-refractivity contribution in [1.82, 2.24) is 0 Å². The number of hydrogen-bond donors (Lipinski definition) is 1. The van der Waals surface area contributed by atoms with Gasteiger partial charge >= 0.3 is 5.97 Å². The van der Waals surface area contributed by atoms with E-state index >= 15 is 0 Å². The molecule has 0 saturated carbocycles. The lowest BCUT2D eigenvalue weighted by atomic mass is 10.2. The molecule has 106 valence electrons. The number of benzene rings is 1. The number of aliphatic carboxylic acids is 1. The summed E-state index contributed by atoms with van der Waals surface area (Å²) in [5.41, 5.74) is 0.484. The number of carboxylic acids is 1. The predicted octanol–water partition coefficient (Wildman–Crippen LogP) is 1.58. The summed E-state index contributed by atoms with van der Waals surface area (Å²) in [5, 5.41) is 17.6. The molecule has 0 radical (unpaired) electrons. The molecule has 1 saturated heterocycles. The number of carbonyl (C=O) groups is 1. The number of hydrogen-bond acceptors (Lipinski definition) is 5. The van der Waals surface area contributed by atoms with Gasteiger partial charge in [-0.1, -0.05) is 0 Å². The maximum Gasteiger partial charge on any atom is 0.332 e. The Morgan fingerprint density at radius 2 is 2.30 bits per heavy atom. The standard InChI is InChI=1S/C14H15NO5/c1-18-13-6-9(7-15)2-4-11(13)19-8-10-3-5-12(20-10)14(16)17/h2,4,6,10,12H,3,5,8H2,1H3,(H,16,17). The highest BCUT2D eigenvalue weighted by Gasteiger charge is 2.30. The van der Waals surface area contributed by atoms with Gasteiger partial charge < -0.3 is 19.3 Å². The van der Waals surface area contributed by atoms with Crippen LogP contribution in [0.5, 0.6) is 11.5 Å². The minimum Gasteiger partial charge on any atom is -0.493 e. The zero-order valence-corrected chi connectivity index (χ0v) is 11.0. The molecule has 1 aliphatic heterocycles. The molecule has 1 heterocycles. The van der Waals surface area contributed by atoms with Gasteiger partial charge in [0.2, 0.25) is 0 Å². The van der Waals surface area contributed by atoms with Gasteiger partial charge in [0.05, 0.1) is 24.8 Å². The van der Waals surface area contributed by atoms with Gasteiger partial charge in [0.1, 0.15) is 6.61 Å². The second-order valence-corrected chi connectivity index (χ2v) is 4.45. The molecule has 6 nitrogen and oxygen atoms in total. The van der Waals surface area contributed by atoms with Gasteiger partial charge in [0.15, 0.2) is 17.6 Å². The van der Waals surface area contributed by atoms with E-state index in [1.165, 1.54) is 7.11 Å². The van der Waals surface area contributed by atoms with Crippen molar-refractivity contribution in [1.29, 1.82) is 5.26 Å². The van der Waals surface area contributed by atoms with E-state index < -0.39 is 12.1 Å². The summed E-state index contributed by atoms with van der Waals surface area (Å²) in [6, 6.07) is 6.89. The van der Waals surface area contributed by atoms with Crippen molar-refractivity contribution in [3.05, 3.63) is 23.8 Å². The van der Waals surface area contributed by atoms with Gasteiger partial charge in [-0.2, -0.15) is 5.26 Å². The molecule has 1 fully saturated rings. The highest BCUT2D eigenvalue weighted by molar-refractivity contribution is 5.72. The van der Waals surface area contributed by atoms with Crippen LogP contribution >= 0.6 is 0 Å². The first-order valence-corrected chi connectivity index (χ1v) is 6.23. The summed E-state index contributed by atoms with van der Waals surface area (Å²) < 4.78 is 16.1. The lowest BCUT2D eigenvalue weighted by Crippen LogP contribution is -2.23. The molecular formula is C14H15NO5. The first-order chi connectivity index (χ1) is 9.63. The van der Waals surface area contributed by atoms with Crippen LogP contribution < -0.4 is 9.47 Å². The summed E-state index contributed by atoms with van der Waals surface area (Å²) in [4.78, 5) is 10.8. The number of nitrogens with zero attached hydrogens (tertiary/aromatic N) is 1.